The third kappa shape index (κ3) is 5.76. The SMILES string of the molecule is O=C(NCCC1CCCCO1)NCC1(CCO)CCCCC1. The number of amides is 2. The molecule has 1 aliphatic carbocycles. The van der Waals surface area contributed by atoms with Crippen LogP contribution in [0.15, 0.2) is 0 Å². The number of nitrogens with one attached hydrogen (secondary N) is 2. The summed E-state index contributed by atoms with van der Waals surface area (Å²) in [6.45, 7) is 2.42. The van der Waals surface area contributed by atoms with Crippen LogP contribution in [0.4, 0.5) is 4.79 Å². The number of ether oxygens (including phenoxy) is 1. The van der Waals surface area contributed by atoms with E-state index in [0.717, 1.165) is 45.1 Å². The van der Waals surface area contributed by atoms with Gasteiger partial charge in [0.05, 0.1) is 6.10 Å². The molecule has 1 heterocycles. The molecule has 0 aromatic rings. The number of aliphatic hydroxyl groups excluding tert-OH is 1. The summed E-state index contributed by atoms with van der Waals surface area (Å²) in [7, 11) is 0. The summed E-state index contributed by atoms with van der Waals surface area (Å²) in [5.74, 6) is 0. The molecule has 5 nitrogen and oxygen atoms in total. The summed E-state index contributed by atoms with van der Waals surface area (Å²) < 4.78 is 5.66. The van der Waals surface area contributed by atoms with Crippen molar-refractivity contribution in [3.05, 3.63) is 0 Å². The average Bonchev–Trinajstić information content (AvgIpc) is 2.55. The lowest BCUT2D eigenvalue weighted by molar-refractivity contribution is 0.0119. The maximum atomic E-state index is 11.9. The molecule has 2 amide bonds. The Morgan fingerprint density at radius 2 is 1.95 bits per heavy atom. The van der Waals surface area contributed by atoms with Crippen LogP contribution in [-0.2, 0) is 4.74 Å². The highest BCUT2D eigenvalue weighted by Gasteiger charge is 2.31. The molecule has 5 heteroatoms. The number of rotatable bonds is 7. The van der Waals surface area contributed by atoms with Gasteiger partial charge in [-0.1, -0.05) is 19.3 Å². The Labute approximate surface area is 134 Å². The van der Waals surface area contributed by atoms with Crippen LogP contribution in [0, 0.1) is 5.41 Å². The first-order chi connectivity index (χ1) is 10.7. The van der Waals surface area contributed by atoms with Crippen molar-refractivity contribution in [3.63, 3.8) is 0 Å². The summed E-state index contributed by atoms with van der Waals surface area (Å²) in [6, 6.07) is -0.0845. The van der Waals surface area contributed by atoms with E-state index in [1.807, 2.05) is 0 Å². The van der Waals surface area contributed by atoms with E-state index >= 15 is 0 Å². The van der Waals surface area contributed by atoms with Crippen LogP contribution in [0.5, 0.6) is 0 Å². The first kappa shape index (κ1) is 17.5. The standard InChI is InChI=1S/C17H32N2O3/c20-12-10-17(8-3-1-4-9-17)14-19-16(21)18-11-7-15-6-2-5-13-22-15/h15,20H,1-14H2,(H2,18,19,21). The Balaban J connectivity index is 1.63. The van der Waals surface area contributed by atoms with Gasteiger partial charge < -0.3 is 20.5 Å². The summed E-state index contributed by atoms with van der Waals surface area (Å²) in [4.78, 5) is 11.9. The molecule has 1 saturated heterocycles. The summed E-state index contributed by atoms with van der Waals surface area (Å²) >= 11 is 0. The zero-order valence-electron chi connectivity index (χ0n) is 13.7. The van der Waals surface area contributed by atoms with Crippen LogP contribution >= 0.6 is 0 Å². The zero-order valence-corrected chi connectivity index (χ0v) is 13.7. The molecule has 0 aromatic carbocycles. The maximum Gasteiger partial charge on any atom is 0.314 e. The van der Waals surface area contributed by atoms with Crippen LogP contribution in [0.3, 0.4) is 0 Å². The van der Waals surface area contributed by atoms with E-state index in [1.54, 1.807) is 0 Å². The molecule has 1 aliphatic heterocycles. The predicted molar refractivity (Wildman–Crippen MR) is 86.8 cm³/mol. The maximum absolute atomic E-state index is 11.9. The number of carbonyl (C=O) groups excluding carboxylic acids is 1. The molecule has 3 N–H and O–H groups in total. The highest BCUT2D eigenvalue weighted by atomic mass is 16.5. The Hall–Kier alpha value is -0.810. The molecule has 128 valence electrons. The molecule has 22 heavy (non-hydrogen) atoms. The van der Waals surface area contributed by atoms with Crippen molar-refractivity contribution < 1.29 is 14.6 Å². The van der Waals surface area contributed by atoms with E-state index < -0.39 is 0 Å². The van der Waals surface area contributed by atoms with Gasteiger partial charge in [-0.3, -0.25) is 0 Å². The van der Waals surface area contributed by atoms with Gasteiger partial charge in [-0.25, -0.2) is 4.79 Å². The Kier molecular flexibility index (Phi) is 7.46. The summed E-state index contributed by atoms with van der Waals surface area (Å²) in [5, 5.41) is 15.2. The Morgan fingerprint density at radius 1 is 1.14 bits per heavy atom. The molecule has 1 unspecified atom stereocenters. The number of carbonyl (C=O) groups is 1. The van der Waals surface area contributed by atoms with Crippen molar-refractivity contribution >= 4 is 6.03 Å². The van der Waals surface area contributed by atoms with Crippen molar-refractivity contribution in [3.8, 4) is 0 Å². The monoisotopic (exact) mass is 312 g/mol. The van der Waals surface area contributed by atoms with E-state index in [-0.39, 0.29) is 18.1 Å². The molecule has 2 aliphatic rings. The Bertz CT molecular complexity index is 318. The van der Waals surface area contributed by atoms with Gasteiger partial charge in [0.2, 0.25) is 0 Å². The lowest BCUT2D eigenvalue weighted by Gasteiger charge is -2.37. The van der Waals surface area contributed by atoms with Crippen LogP contribution in [0.1, 0.15) is 64.2 Å². The van der Waals surface area contributed by atoms with E-state index in [1.165, 1.54) is 25.7 Å². The minimum absolute atomic E-state index is 0.0845. The summed E-state index contributed by atoms with van der Waals surface area (Å²) in [5.41, 5.74) is 0.108. The number of urea groups is 1. The van der Waals surface area contributed by atoms with Crippen LogP contribution < -0.4 is 10.6 Å². The summed E-state index contributed by atoms with van der Waals surface area (Å²) in [6.07, 6.45) is 11.5. The second-order valence-corrected chi connectivity index (χ2v) is 6.92. The fraction of sp³-hybridized carbons (Fsp3) is 0.941. The topological polar surface area (TPSA) is 70.6 Å². The van der Waals surface area contributed by atoms with Gasteiger partial charge in [0.15, 0.2) is 0 Å². The van der Waals surface area contributed by atoms with Crippen molar-refractivity contribution in [2.24, 2.45) is 5.41 Å². The van der Waals surface area contributed by atoms with Gasteiger partial charge in [0.25, 0.3) is 0 Å². The molecule has 1 saturated carbocycles. The molecular weight excluding hydrogens is 280 g/mol. The minimum Gasteiger partial charge on any atom is -0.396 e. The van der Waals surface area contributed by atoms with Gasteiger partial charge in [-0.15, -0.1) is 0 Å². The first-order valence-electron chi connectivity index (χ1n) is 8.98. The van der Waals surface area contributed by atoms with Gasteiger partial charge in [-0.2, -0.15) is 0 Å². The fourth-order valence-electron chi connectivity index (χ4n) is 3.77. The molecule has 0 aromatic heterocycles. The van der Waals surface area contributed by atoms with Crippen molar-refractivity contribution in [2.45, 2.75) is 70.3 Å². The second kappa shape index (κ2) is 9.36. The van der Waals surface area contributed by atoms with Crippen molar-refractivity contribution in [2.75, 3.05) is 26.3 Å². The molecule has 0 radical (unpaired) electrons. The lowest BCUT2D eigenvalue weighted by Crippen LogP contribution is -2.44. The molecule has 0 spiro atoms. The van der Waals surface area contributed by atoms with Crippen LogP contribution in [0.2, 0.25) is 0 Å². The average molecular weight is 312 g/mol. The Morgan fingerprint density at radius 3 is 2.64 bits per heavy atom. The van der Waals surface area contributed by atoms with Crippen LogP contribution in [0.25, 0.3) is 0 Å². The minimum atomic E-state index is -0.0845. The van der Waals surface area contributed by atoms with Crippen molar-refractivity contribution in [1.82, 2.24) is 10.6 Å². The van der Waals surface area contributed by atoms with Crippen LogP contribution in [-0.4, -0.2) is 43.5 Å². The molecule has 0 bridgehead atoms. The molecular formula is C17H32N2O3. The first-order valence-corrected chi connectivity index (χ1v) is 8.98. The predicted octanol–water partition coefficient (Wildman–Crippen LogP) is 2.58. The van der Waals surface area contributed by atoms with Gasteiger partial charge in [0, 0.05) is 26.3 Å². The normalized spacial score (nSPS) is 24.7. The quantitative estimate of drug-likeness (QED) is 0.676. The highest BCUT2D eigenvalue weighted by Crippen LogP contribution is 2.38. The van der Waals surface area contributed by atoms with Gasteiger partial charge >= 0.3 is 6.03 Å². The van der Waals surface area contributed by atoms with Gasteiger partial charge in [0.1, 0.15) is 0 Å². The fourth-order valence-corrected chi connectivity index (χ4v) is 3.77. The molecule has 1 atom stereocenters. The number of hydrogen-bond donors (Lipinski definition) is 3. The van der Waals surface area contributed by atoms with E-state index in [4.69, 9.17) is 4.74 Å². The largest absolute Gasteiger partial charge is 0.396 e. The highest BCUT2D eigenvalue weighted by molar-refractivity contribution is 5.73. The molecule has 2 fully saturated rings. The third-order valence-corrected chi connectivity index (χ3v) is 5.21. The number of hydrogen-bond acceptors (Lipinski definition) is 3. The zero-order chi connectivity index (χ0) is 15.7. The van der Waals surface area contributed by atoms with E-state index in [9.17, 15) is 9.90 Å². The third-order valence-electron chi connectivity index (χ3n) is 5.21. The lowest BCUT2D eigenvalue weighted by atomic mass is 9.72. The van der Waals surface area contributed by atoms with E-state index in [0.29, 0.717) is 19.2 Å². The van der Waals surface area contributed by atoms with Gasteiger partial charge in [-0.05, 0) is 50.4 Å². The number of aliphatic hydroxyl groups is 1. The second-order valence-electron chi connectivity index (χ2n) is 6.92. The molecule has 2 rings (SSSR count). The van der Waals surface area contributed by atoms with Crippen molar-refractivity contribution in [1.29, 1.82) is 0 Å². The van der Waals surface area contributed by atoms with E-state index in [2.05, 4.69) is 10.6 Å². The smallest absolute Gasteiger partial charge is 0.314 e.